The molecule has 0 aromatic carbocycles. The van der Waals surface area contributed by atoms with Gasteiger partial charge in [-0.1, -0.05) is 20.8 Å². The molecule has 2 aromatic rings. The normalized spacial score (nSPS) is 22.5. The Kier molecular flexibility index (Phi) is 7.83. The highest BCUT2D eigenvalue weighted by Gasteiger charge is 2.36. The van der Waals surface area contributed by atoms with Crippen LogP contribution in [0.4, 0.5) is 4.39 Å². The molecule has 1 saturated heterocycles. The molecule has 11 heteroatoms. The summed E-state index contributed by atoms with van der Waals surface area (Å²) in [4.78, 5) is 31.7. The van der Waals surface area contributed by atoms with Gasteiger partial charge in [0.2, 0.25) is 11.8 Å². The maximum absolute atomic E-state index is 15.2. The number of carbonyl (C=O) groups excluding carboxylic acids is 2. The second kappa shape index (κ2) is 11.0. The molecule has 1 fully saturated rings. The van der Waals surface area contributed by atoms with Crippen molar-refractivity contribution in [3.63, 3.8) is 0 Å². The van der Waals surface area contributed by atoms with E-state index in [1.165, 1.54) is 4.68 Å². The fourth-order valence-corrected chi connectivity index (χ4v) is 5.96. The largest absolute Gasteiger partial charge is 0.390 e. The number of amides is 2. The smallest absolute Gasteiger partial charge is 0.244 e. The summed E-state index contributed by atoms with van der Waals surface area (Å²) in [6.07, 6.45) is -0.180. The van der Waals surface area contributed by atoms with E-state index >= 15 is 4.39 Å². The van der Waals surface area contributed by atoms with Crippen LogP contribution < -0.4 is 0 Å². The Morgan fingerprint density at radius 1 is 0.974 bits per heavy atom. The summed E-state index contributed by atoms with van der Waals surface area (Å²) in [5.41, 5.74) is 3.31. The highest BCUT2D eigenvalue weighted by molar-refractivity contribution is 5.77. The van der Waals surface area contributed by atoms with Crippen molar-refractivity contribution in [1.29, 1.82) is 0 Å². The Labute approximate surface area is 229 Å². The molecule has 10 nitrogen and oxygen atoms in total. The van der Waals surface area contributed by atoms with E-state index in [-0.39, 0.29) is 55.6 Å². The third-order valence-electron chi connectivity index (χ3n) is 8.45. The van der Waals surface area contributed by atoms with Crippen molar-refractivity contribution in [3.05, 3.63) is 34.9 Å². The first-order valence-corrected chi connectivity index (χ1v) is 14.3. The molecular formula is C28H42FN7O3. The first-order chi connectivity index (χ1) is 18.5. The first kappa shape index (κ1) is 27.8. The molecule has 0 spiro atoms. The Bertz CT molecular complexity index is 1200. The zero-order valence-corrected chi connectivity index (χ0v) is 23.8. The Balaban J connectivity index is 1.28. The van der Waals surface area contributed by atoms with E-state index in [0.29, 0.717) is 44.2 Å². The molecular weight excluding hydrogens is 501 g/mol. The zero-order valence-electron chi connectivity index (χ0n) is 23.8. The molecule has 0 radical (unpaired) electrons. The van der Waals surface area contributed by atoms with Crippen LogP contribution in [0.25, 0.3) is 0 Å². The number of carbonyl (C=O) groups is 2. The van der Waals surface area contributed by atoms with Crippen LogP contribution in [0, 0.1) is 0 Å². The average molecular weight is 544 g/mol. The Hall–Kier alpha value is -2.79. The maximum Gasteiger partial charge on any atom is 0.244 e. The van der Waals surface area contributed by atoms with Crippen molar-refractivity contribution >= 4 is 11.8 Å². The summed E-state index contributed by atoms with van der Waals surface area (Å²) in [5.74, 6) is 0.230. The Morgan fingerprint density at radius 3 is 2.33 bits per heavy atom. The molecule has 5 rings (SSSR count). The van der Waals surface area contributed by atoms with Gasteiger partial charge < -0.3 is 14.9 Å². The van der Waals surface area contributed by atoms with Gasteiger partial charge in [0.15, 0.2) is 6.17 Å². The molecule has 5 heterocycles. The minimum Gasteiger partial charge on any atom is -0.390 e. The summed E-state index contributed by atoms with van der Waals surface area (Å²) in [6.45, 7) is 12.7. The number of fused-ring (bicyclic) bond motifs is 2. The van der Waals surface area contributed by atoms with Gasteiger partial charge in [0.25, 0.3) is 0 Å². The summed E-state index contributed by atoms with van der Waals surface area (Å²) in [6, 6.07) is 3.88. The number of nitrogens with zero attached hydrogens (tertiary/aromatic N) is 7. The van der Waals surface area contributed by atoms with Crippen LogP contribution >= 0.6 is 0 Å². The van der Waals surface area contributed by atoms with Gasteiger partial charge in [0.05, 0.1) is 29.7 Å². The maximum atomic E-state index is 15.2. The molecule has 2 amide bonds. The molecule has 2 aromatic heterocycles. The predicted molar refractivity (Wildman–Crippen MR) is 144 cm³/mol. The van der Waals surface area contributed by atoms with Gasteiger partial charge in [-0.25, -0.2) is 4.39 Å². The molecule has 3 aliphatic heterocycles. The highest BCUT2D eigenvalue weighted by atomic mass is 19.1. The lowest BCUT2D eigenvalue weighted by Crippen LogP contribution is -2.59. The van der Waals surface area contributed by atoms with Gasteiger partial charge >= 0.3 is 0 Å². The molecule has 0 aliphatic carbocycles. The second-order valence-electron chi connectivity index (χ2n) is 12.1. The molecule has 3 unspecified atom stereocenters. The van der Waals surface area contributed by atoms with Crippen LogP contribution in [-0.4, -0.2) is 102 Å². The number of alkyl halides is 1. The summed E-state index contributed by atoms with van der Waals surface area (Å²) >= 11 is 0. The van der Waals surface area contributed by atoms with Crippen LogP contribution in [0.5, 0.6) is 0 Å². The van der Waals surface area contributed by atoms with Crippen molar-refractivity contribution in [3.8, 4) is 0 Å². The number of aliphatic hydroxyl groups is 1. The van der Waals surface area contributed by atoms with Crippen molar-refractivity contribution in [1.82, 2.24) is 34.3 Å². The van der Waals surface area contributed by atoms with E-state index in [4.69, 9.17) is 0 Å². The molecule has 3 atom stereocenters. The molecule has 1 N–H and O–H groups in total. The van der Waals surface area contributed by atoms with Gasteiger partial charge in [0.1, 0.15) is 13.1 Å². The minimum absolute atomic E-state index is 0.0122. The fourth-order valence-electron chi connectivity index (χ4n) is 5.96. The topological polar surface area (TPSA) is 99.7 Å². The van der Waals surface area contributed by atoms with Crippen LogP contribution in [0.2, 0.25) is 0 Å². The fraction of sp³-hybridized carbons (Fsp3) is 0.714. The van der Waals surface area contributed by atoms with Gasteiger partial charge in [-0.05, 0) is 38.3 Å². The van der Waals surface area contributed by atoms with Gasteiger partial charge in [-0.3, -0.25) is 23.9 Å². The SMILES string of the molecule is CC(C)c1cc2n(n1)CC(=O)N(CC(CC(C)c1cc3n(n1)CC(=O)N(C(C)C)CC3F)N1CC(O)C1)CC2. The highest BCUT2D eigenvalue weighted by Crippen LogP contribution is 2.31. The lowest BCUT2D eigenvalue weighted by Gasteiger charge is -2.44. The van der Waals surface area contributed by atoms with Gasteiger partial charge in [0, 0.05) is 56.3 Å². The number of halogens is 1. The van der Waals surface area contributed by atoms with Crippen molar-refractivity contribution < 1.29 is 19.1 Å². The third kappa shape index (κ3) is 5.75. The molecule has 0 bridgehead atoms. The number of rotatable bonds is 8. The van der Waals surface area contributed by atoms with E-state index in [1.807, 2.05) is 23.4 Å². The van der Waals surface area contributed by atoms with Crippen molar-refractivity contribution in [2.45, 2.75) is 96.7 Å². The first-order valence-electron chi connectivity index (χ1n) is 14.3. The second-order valence-corrected chi connectivity index (χ2v) is 12.1. The summed E-state index contributed by atoms with van der Waals surface area (Å²) in [5, 5.41) is 19.3. The van der Waals surface area contributed by atoms with E-state index in [9.17, 15) is 14.7 Å². The Morgan fingerprint density at radius 2 is 1.67 bits per heavy atom. The van der Waals surface area contributed by atoms with Crippen LogP contribution in [-0.2, 0) is 29.1 Å². The van der Waals surface area contributed by atoms with Crippen molar-refractivity contribution in [2.75, 3.05) is 32.7 Å². The van der Waals surface area contributed by atoms with Crippen LogP contribution in [0.3, 0.4) is 0 Å². The standard InChI is InChI=1S/C28H42FN7O3/c1-17(2)24-9-20-6-7-32(27(38)15-35(20)30-24)11-21(33-12-22(37)13-33)8-19(5)25-10-26-23(29)14-34(18(3)4)28(39)16-36(26)31-25/h9-10,17-19,21-23,37H,6-8,11-16H2,1-5H3. The molecule has 0 saturated carbocycles. The van der Waals surface area contributed by atoms with Crippen LogP contribution in [0.1, 0.15) is 81.8 Å². The quantitative estimate of drug-likeness (QED) is 0.548. The number of hydrogen-bond acceptors (Lipinski definition) is 6. The lowest BCUT2D eigenvalue weighted by molar-refractivity contribution is -0.134. The van der Waals surface area contributed by atoms with Gasteiger partial charge in [-0.15, -0.1) is 0 Å². The molecule has 3 aliphatic rings. The number of β-amino-alcohol motifs (C(OH)–C–C–N with tert-alkyl or cyclic N) is 1. The van der Waals surface area contributed by atoms with E-state index in [0.717, 1.165) is 23.5 Å². The molecule has 214 valence electrons. The van der Waals surface area contributed by atoms with Gasteiger partial charge in [-0.2, -0.15) is 10.2 Å². The summed E-state index contributed by atoms with van der Waals surface area (Å²) in [7, 11) is 0. The average Bonchev–Trinajstić information content (AvgIpc) is 3.39. The van der Waals surface area contributed by atoms with Crippen molar-refractivity contribution in [2.24, 2.45) is 0 Å². The zero-order chi connectivity index (χ0) is 28.0. The van der Waals surface area contributed by atoms with E-state index < -0.39 is 6.17 Å². The number of likely N-dealkylation sites (tertiary alicyclic amines) is 1. The van der Waals surface area contributed by atoms with E-state index in [1.54, 1.807) is 11.0 Å². The predicted octanol–water partition coefficient (Wildman–Crippen LogP) is 2.09. The minimum atomic E-state index is -1.29. The number of hydrogen-bond donors (Lipinski definition) is 1. The summed E-state index contributed by atoms with van der Waals surface area (Å²) < 4.78 is 18.6. The number of aromatic nitrogens is 4. The number of aliphatic hydroxyl groups excluding tert-OH is 1. The van der Waals surface area contributed by atoms with E-state index in [2.05, 4.69) is 41.9 Å². The third-order valence-corrected chi connectivity index (χ3v) is 8.45. The van der Waals surface area contributed by atoms with Crippen LogP contribution in [0.15, 0.2) is 12.1 Å². The lowest BCUT2D eigenvalue weighted by atomic mass is 9.94. The monoisotopic (exact) mass is 543 g/mol. The molecule has 39 heavy (non-hydrogen) atoms.